The maximum Gasteiger partial charge on any atom is 0.297 e. The van der Waals surface area contributed by atoms with E-state index in [1.165, 1.54) is 23.5 Å². The van der Waals surface area contributed by atoms with E-state index < -0.39 is 0 Å². The molecular weight excluding hydrogens is 543 g/mol. The SMILES string of the molecule is CC(=Nn1c(-c2ccc3c(c2)NC(=O)CO3)csc1=Nc1c(C)n(C)n(-c2ccccc2)c1=O)c1ccc(F)cc1. The summed E-state index contributed by atoms with van der Waals surface area (Å²) < 4.78 is 24.1. The Kier molecular flexibility index (Phi) is 6.72. The minimum absolute atomic E-state index is 0.0358. The molecule has 0 saturated carbocycles. The number of halogens is 1. The maximum absolute atomic E-state index is 13.6. The molecule has 3 aromatic carbocycles. The number of hydrogen-bond donors (Lipinski definition) is 1. The lowest BCUT2D eigenvalue weighted by atomic mass is 10.1. The molecule has 0 bridgehead atoms. The van der Waals surface area contributed by atoms with Crippen molar-refractivity contribution in [2.45, 2.75) is 13.8 Å². The van der Waals surface area contributed by atoms with Crippen molar-refractivity contribution in [1.29, 1.82) is 0 Å². The maximum atomic E-state index is 13.6. The van der Waals surface area contributed by atoms with Gasteiger partial charge in [-0.3, -0.25) is 14.3 Å². The lowest BCUT2D eigenvalue weighted by Gasteiger charge is -2.18. The van der Waals surface area contributed by atoms with E-state index >= 15 is 0 Å². The highest BCUT2D eigenvalue weighted by Crippen LogP contribution is 2.33. The second-order valence-electron chi connectivity index (χ2n) is 9.48. The quantitative estimate of drug-likeness (QED) is 0.303. The van der Waals surface area contributed by atoms with Crippen LogP contribution >= 0.6 is 11.3 Å². The van der Waals surface area contributed by atoms with Gasteiger partial charge in [-0.25, -0.2) is 18.7 Å². The third-order valence-electron chi connectivity index (χ3n) is 6.84. The third-order valence-corrected chi connectivity index (χ3v) is 7.65. The van der Waals surface area contributed by atoms with Crippen molar-refractivity contribution in [3.05, 3.63) is 110 Å². The van der Waals surface area contributed by atoms with Crippen LogP contribution in [0.15, 0.2) is 93.1 Å². The van der Waals surface area contributed by atoms with Gasteiger partial charge in [0.15, 0.2) is 12.3 Å². The Morgan fingerprint density at radius 3 is 2.56 bits per heavy atom. The molecule has 0 aliphatic carbocycles. The van der Waals surface area contributed by atoms with Gasteiger partial charge in [0.05, 0.1) is 28.5 Å². The smallest absolute Gasteiger partial charge is 0.297 e. The van der Waals surface area contributed by atoms with Crippen LogP contribution in [0.2, 0.25) is 0 Å². The molecule has 11 heteroatoms. The second-order valence-corrected chi connectivity index (χ2v) is 10.3. The Hall–Kier alpha value is -5.03. The molecule has 1 aliphatic rings. The molecule has 9 nitrogen and oxygen atoms in total. The molecule has 0 unspecified atom stereocenters. The van der Waals surface area contributed by atoms with Gasteiger partial charge in [0, 0.05) is 18.0 Å². The van der Waals surface area contributed by atoms with Gasteiger partial charge in [-0.15, -0.1) is 11.3 Å². The number of aromatic nitrogens is 3. The normalized spacial score (nSPS) is 13.6. The van der Waals surface area contributed by atoms with Crippen molar-refractivity contribution < 1.29 is 13.9 Å². The monoisotopic (exact) mass is 568 g/mol. The predicted molar refractivity (Wildman–Crippen MR) is 157 cm³/mol. The topological polar surface area (TPSA) is 94.9 Å². The average molecular weight is 569 g/mol. The molecule has 1 aliphatic heterocycles. The van der Waals surface area contributed by atoms with Gasteiger partial charge in [-0.1, -0.05) is 30.3 Å². The molecular formula is C30H25FN6O3S. The average Bonchev–Trinajstić information content (AvgIpc) is 3.46. The zero-order valence-electron chi connectivity index (χ0n) is 22.5. The molecule has 206 valence electrons. The number of para-hydroxylation sites is 1. The summed E-state index contributed by atoms with van der Waals surface area (Å²) in [6.07, 6.45) is 0. The third kappa shape index (κ3) is 4.91. The van der Waals surface area contributed by atoms with Crippen molar-refractivity contribution in [2.75, 3.05) is 11.9 Å². The first-order valence-electron chi connectivity index (χ1n) is 12.8. The van der Waals surface area contributed by atoms with Crippen molar-refractivity contribution in [1.82, 2.24) is 14.0 Å². The van der Waals surface area contributed by atoms with Crippen LogP contribution in [0, 0.1) is 12.7 Å². The van der Waals surface area contributed by atoms with Gasteiger partial charge >= 0.3 is 0 Å². The number of nitrogens with one attached hydrogen (secondary N) is 1. The van der Waals surface area contributed by atoms with Gasteiger partial charge in [-0.2, -0.15) is 5.10 Å². The number of hydrogen-bond acceptors (Lipinski definition) is 6. The summed E-state index contributed by atoms with van der Waals surface area (Å²) in [5.74, 6) is 0.00375. The summed E-state index contributed by atoms with van der Waals surface area (Å²) in [4.78, 5) is 30.8. The van der Waals surface area contributed by atoms with Crippen LogP contribution in [0.5, 0.6) is 5.75 Å². The number of anilines is 1. The predicted octanol–water partition coefficient (Wildman–Crippen LogP) is 4.99. The van der Waals surface area contributed by atoms with Crippen LogP contribution in [0.3, 0.4) is 0 Å². The lowest BCUT2D eigenvalue weighted by Crippen LogP contribution is -2.25. The van der Waals surface area contributed by atoms with Gasteiger partial charge in [-0.05, 0) is 61.9 Å². The van der Waals surface area contributed by atoms with Gasteiger partial charge in [0.25, 0.3) is 11.5 Å². The Labute approximate surface area is 238 Å². The number of ether oxygens (including phenoxy) is 1. The summed E-state index contributed by atoms with van der Waals surface area (Å²) in [7, 11) is 1.82. The molecule has 6 rings (SSSR count). The fourth-order valence-corrected chi connectivity index (χ4v) is 5.43. The molecule has 0 spiro atoms. The van der Waals surface area contributed by atoms with E-state index in [4.69, 9.17) is 14.8 Å². The summed E-state index contributed by atoms with van der Waals surface area (Å²) in [5.41, 5.74) is 4.80. The van der Waals surface area contributed by atoms with Crippen LogP contribution in [0.4, 0.5) is 15.8 Å². The number of nitrogens with zero attached hydrogens (tertiary/aromatic N) is 5. The van der Waals surface area contributed by atoms with E-state index in [1.807, 2.05) is 68.7 Å². The van der Waals surface area contributed by atoms with E-state index in [1.54, 1.807) is 32.2 Å². The van der Waals surface area contributed by atoms with E-state index in [-0.39, 0.29) is 23.9 Å². The highest BCUT2D eigenvalue weighted by molar-refractivity contribution is 7.07. The molecule has 3 heterocycles. The summed E-state index contributed by atoms with van der Waals surface area (Å²) in [6, 6.07) is 20.9. The molecule has 1 N–H and O–H groups in total. The first kappa shape index (κ1) is 26.2. The fraction of sp³-hybridized carbons (Fsp3) is 0.133. The Bertz CT molecular complexity index is 1950. The van der Waals surface area contributed by atoms with Crippen LogP contribution in [0.1, 0.15) is 18.2 Å². The lowest BCUT2D eigenvalue weighted by molar-refractivity contribution is -0.118. The number of carbonyl (C=O) groups excluding carboxylic acids is 1. The van der Waals surface area contributed by atoms with E-state index in [0.29, 0.717) is 39.0 Å². The van der Waals surface area contributed by atoms with Crippen molar-refractivity contribution in [3.8, 4) is 22.7 Å². The number of benzene rings is 3. The largest absolute Gasteiger partial charge is 0.482 e. The number of thiazole rings is 1. The highest BCUT2D eigenvalue weighted by atomic mass is 32.1. The van der Waals surface area contributed by atoms with Gasteiger partial charge in [0.1, 0.15) is 11.6 Å². The second kappa shape index (κ2) is 10.5. The number of rotatable bonds is 5. The highest BCUT2D eigenvalue weighted by Gasteiger charge is 2.20. The minimum atomic E-state index is -0.339. The zero-order chi connectivity index (χ0) is 28.7. The standard InChI is InChI=1S/C30H25FN6O3S/c1-18(20-9-12-22(31)13-10-20)34-36-25(21-11-14-26-24(15-21)32-27(38)16-40-26)17-41-30(36)33-28-19(2)35(3)37(29(28)39)23-7-5-4-6-8-23/h4-15,17H,16H2,1-3H3,(H,32,38). The number of amides is 1. The first-order chi connectivity index (χ1) is 19.8. The minimum Gasteiger partial charge on any atom is -0.482 e. The summed E-state index contributed by atoms with van der Waals surface area (Å²) in [5, 5.41) is 9.58. The molecule has 1 amide bonds. The Morgan fingerprint density at radius 1 is 1.05 bits per heavy atom. The molecule has 2 aromatic heterocycles. The molecule has 5 aromatic rings. The van der Waals surface area contributed by atoms with Crippen LogP contribution in [-0.2, 0) is 11.8 Å². The zero-order valence-corrected chi connectivity index (χ0v) is 23.3. The Balaban J connectivity index is 1.55. The molecule has 41 heavy (non-hydrogen) atoms. The number of fused-ring (bicyclic) bond motifs is 1. The van der Waals surface area contributed by atoms with Crippen LogP contribution in [0.25, 0.3) is 16.9 Å². The van der Waals surface area contributed by atoms with E-state index in [9.17, 15) is 14.0 Å². The van der Waals surface area contributed by atoms with E-state index in [2.05, 4.69) is 5.32 Å². The van der Waals surface area contributed by atoms with Crippen molar-refractivity contribution in [3.63, 3.8) is 0 Å². The van der Waals surface area contributed by atoms with Crippen LogP contribution < -0.4 is 20.4 Å². The van der Waals surface area contributed by atoms with Crippen molar-refractivity contribution in [2.24, 2.45) is 17.1 Å². The Morgan fingerprint density at radius 2 is 1.80 bits per heavy atom. The molecule has 0 fully saturated rings. The van der Waals surface area contributed by atoms with E-state index in [0.717, 1.165) is 16.8 Å². The first-order valence-corrected chi connectivity index (χ1v) is 13.7. The van der Waals surface area contributed by atoms with Crippen LogP contribution in [-0.4, -0.2) is 32.3 Å². The van der Waals surface area contributed by atoms with Crippen molar-refractivity contribution >= 4 is 34.3 Å². The fourth-order valence-electron chi connectivity index (χ4n) is 4.59. The molecule has 0 saturated heterocycles. The van der Waals surface area contributed by atoms with Gasteiger partial charge < -0.3 is 10.1 Å². The van der Waals surface area contributed by atoms with Gasteiger partial charge in [0.2, 0.25) is 4.80 Å². The molecule has 0 atom stereocenters. The summed E-state index contributed by atoms with van der Waals surface area (Å²) >= 11 is 1.32. The molecule has 0 radical (unpaired) electrons. The summed E-state index contributed by atoms with van der Waals surface area (Å²) in [6.45, 7) is 3.63. The number of carbonyl (C=O) groups is 1.